The molecule has 0 amide bonds. The molecule has 0 aliphatic carbocycles. The number of carbonyl (C=O) groups excluding carboxylic acids is 1. The van der Waals surface area contributed by atoms with Gasteiger partial charge in [-0.15, -0.1) is 0 Å². The van der Waals surface area contributed by atoms with E-state index in [1.165, 1.54) is 0 Å². The molecule has 1 saturated heterocycles. The van der Waals surface area contributed by atoms with Crippen molar-refractivity contribution in [1.82, 2.24) is 4.90 Å². The van der Waals surface area contributed by atoms with Crippen molar-refractivity contribution >= 4 is 5.78 Å². The molecule has 3 atom stereocenters. The van der Waals surface area contributed by atoms with Crippen LogP contribution in [-0.2, 0) is 14.3 Å². The minimum absolute atomic E-state index is 0.0235. The van der Waals surface area contributed by atoms with Gasteiger partial charge in [-0.05, 0) is 33.2 Å². The van der Waals surface area contributed by atoms with E-state index in [1.807, 2.05) is 6.92 Å². The monoisotopic (exact) mass is 273 g/mol. The average molecular weight is 273 g/mol. The summed E-state index contributed by atoms with van der Waals surface area (Å²) in [6.07, 6.45) is 2.52. The first-order chi connectivity index (χ1) is 9.04. The Balaban J connectivity index is 2.33. The molecule has 1 rings (SSSR count). The van der Waals surface area contributed by atoms with Gasteiger partial charge >= 0.3 is 0 Å². The number of Topliss-reactive ketones (excluding diaryl/α,β-unsaturated/α-hetero) is 1. The summed E-state index contributed by atoms with van der Waals surface area (Å²) in [5.41, 5.74) is 0. The second-order valence-corrected chi connectivity index (χ2v) is 5.37. The highest BCUT2D eigenvalue weighted by atomic mass is 16.5. The summed E-state index contributed by atoms with van der Waals surface area (Å²) in [7, 11) is 1.63. The van der Waals surface area contributed by atoms with E-state index in [0.717, 1.165) is 25.8 Å². The first kappa shape index (κ1) is 16.6. The number of hydrogen-bond donors (Lipinski definition) is 1. The van der Waals surface area contributed by atoms with Crippen molar-refractivity contribution in [2.45, 2.75) is 51.4 Å². The molecule has 1 aliphatic heterocycles. The number of aliphatic hydroxyl groups is 1. The zero-order valence-corrected chi connectivity index (χ0v) is 12.3. The van der Waals surface area contributed by atoms with Crippen LogP contribution in [0.1, 0.15) is 33.1 Å². The predicted molar refractivity (Wildman–Crippen MR) is 73.2 cm³/mol. The number of likely N-dealkylation sites (tertiary alicyclic amines) is 1. The fourth-order valence-corrected chi connectivity index (χ4v) is 2.55. The van der Waals surface area contributed by atoms with Gasteiger partial charge < -0.3 is 14.6 Å². The molecule has 112 valence electrons. The Kier molecular flexibility index (Phi) is 7.53. The Bertz CT molecular complexity index is 272. The van der Waals surface area contributed by atoms with Gasteiger partial charge in [0.15, 0.2) is 0 Å². The van der Waals surface area contributed by atoms with Crippen molar-refractivity contribution in [1.29, 1.82) is 0 Å². The van der Waals surface area contributed by atoms with Crippen LogP contribution in [-0.4, -0.2) is 67.5 Å². The summed E-state index contributed by atoms with van der Waals surface area (Å²) in [6.45, 7) is 5.74. The van der Waals surface area contributed by atoms with Crippen LogP contribution in [0.4, 0.5) is 0 Å². The molecule has 5 heteroatoms. The lowest BCUT2D eigenvalue weighted by atomic mass is 9.99. The van der Waals surface area contributed by atoms with E-state index >= 15 is 0 Å². The molecule has 1 N–H and O–H groups in total. The fourth-order valence-electron chi connectivity index (χ4n) is 2.55. The van der Waals surface area contributed by atoms with Crippen LogP contribution >= 0.6 is 0 Å². The summed E-state index contributed by atoms with van der Waals surface area (Å²) in [4.78, 5) is 13.7. The molecule has 5 nitrogen and oxygen atoms in total. The number of hydrogen-bond acceptors (Lipinski definition) is 5. The van der Waals surface area contributed by atoms with Crippen LogP contribution in [0, 0.1) is 0 Å². The number of piperidine rings is 1. The molecule has 0 saturated carbocycles. The van der Waals surface area contributed by atoms with Crippen molar-refractivity contribution in [3.63, 3.8) is 0 Å². The smallest absolute Gasteiger partial charge is 0.146 e. The van der Waals surface area contributed by atoms with Gasteiger partial charge in [0, 0.05) is 13.7 Å². The number of β-amino-alcohol motifs (C(OH)–C–C–N with tert-alkyl or cyclic N) is 1. The summed E-state index contributed by atoms with van der Waals surface area (Å²) in [6, 6.07) is -0.0280. The van der Waals surface area contributed by atoms with Crippen molar-refractivity contribution in [3.05, 3.63) is 0 Å². The van der Waals surface area contributed by atoms with Gasteiger partial charge in [0.1, 0.15) is 5.78 Å². The molecule has 0 aromatic heterocycles. The van der Waals surface area contributed by atoms with Crippen LogP contribution < -0.4 is 0 Å². The van der Waals surface area contributed by atoms with Gasteiger partial charge in [0.25, 0.3) is 0 Å². The van der Waals surface area contributed by atoms with Gasteiger partial charge in [0.05, 0.1) is 31.5 Å². The van der Waals surface area contributed by atoms with Crippen LogP contribution in [0.3, 0.4) is 0 Å². The average Bonchev–Trinajstić information content (AvgIpc) is 2.37. The molecule has 0 radical (unpaired) electrons. The number of ketones is 1. The lowest BCUT2D eigenvalue weighted by Crippen LogP contribution is -2.48. The second kappa shape index (κ2) is 8.64. The van der Waals surface area contributed by atoms with E-state index in [1.54, 1.807) is 14.0 Å². The highest BCUT2D eigenvalue weighted by molar-refractivity contribution is 5.81. The van der Waals surface area contributed by atoms with E-state index < -0.39 is 6.10 Å². The summed E-state index contributed by atoms with van der Waals surface area (Å²) in [5.74, 6) is 0.195. The van der Waals surface area contributed by atoms with Gasteiger partial charge in [-0.1, -0.05) is 6.42 Å². The molecular weight excluding hydrogens is 246 g/mol. The lowest BCUT2D eigenvalue weighted by Gasteiger charge is -2.35. The van der Waals surface area contributed by atoms with E-state index in [9.17, 15) is 9.90 Å². The van der Waals surface area contributed by atoms with Crippen molar-refractivity contribution in [3.8, 4) is 0 Å². The number of methoxy groups -OCH3 is 1. The molecule has 19 heavy (non-hydrogen) atoms. The third-order valence-electron chi connectivity index (χ3n) is 3.50. The minimum atomic E-state index is -0.556. The number of carbonyl (C=O) groups is 1. The Morgan fingerprint density at radius 2 is 2.16 bits per heavy atom. The maximum Gasteiger partial charge on any atom is 0.146 e. The Labute approximate surface area is 115 Å². The Morgan fingerprint density at radius 3 is 2.79 bits per heavy atom. The highest BCUT2D eigenvalue weighted by Crippen LogP contribution is 2.18. The number of rotatable bonds is 8. The summed E-state index contributed by atoms with van der Waals surface area (Å²) < 4.78 is 10.5. The first-order valence-electron chi connectivity index (χ1n) is 7.07. The number of aliphatic hydroxyl groups excluding tert-OH is 1. The van der Waals surface area contributed by atoms with Gasteiger partial charge in [-0.25, -0.2) is 0 Å². The number of ether oxygens (including phenoxy) is 2. The summed E-state index contributed by atoms with van der Waals surface area (Å²) >= 11 is 0. The zero-order valence-electron chi connectivity index (χ0n) is 12.3. The molecular formula is C14H27NO4. The van der Waals surface area contributed by atoms with Crippen molar-refractivity contribution in [2.75, 3.05) is 33.4 Å². The quantitative estimate of drug-likeness (QED) is 0.710. The van der Waals surface area contributed by atoms with Gasteiger partial charge in [-0.2, -0.15) is 0 Å². The number of nitrogens with zero attached hydrogens (tertiary/aromatic N) is 1. The molecule has 0 bridgehead atoms. The normalized spacial score (nSPS) is 24.1. The third kappa shape index (κ3) is 5.99. The van der Waals surface area contributed by atoms with E-state index in [-0.39, 0.29) is 24.5 Å². The van der Waals surface area contributed by atoms with Crippen LogP contribution in [0.5, 0.6) is 0 Å². The van der Waals surface area contributed by atoms with E-state index in [4.69, 9.17) is 9.47 Å². The third-order valence-corrected chi connectivity index (χ3v) is 3.50. The maximum atomic E-state index is 11.6. The van der Waals surface area contributed by atoms with Crippen LogP contribution in [0.15, 0.2) is 0 Å². The fraction of sp³-hybridized carbons (Fsp3) is 0.929. The van der Waals surface area contributed by atoms with Crippen molar-refractivity contribution < 1.29 is 19.4 Å². The molecule has 0 spiro atoms. The zero-order chi connectivity index (χ0) is 14.3. The van der Waals surface area contributed by atoms with Gasteiger partial charge in [0.2, 0.25) is 0 Å². The first-order valence-corrected chi connectivity index (χ1v) is 7.07. The highest BCUT2D eigenvalue weighted by Gasteiger charge is 2.27. The molecule has 0 aromatic rings. The topological polar surface area (TPSA) is 59.0 Å². The van der Waals surface area contributed by atoms with Crippen molar-refractivity contribution in [2.24, 2.45) is 0 Å². The summed E-state index contributed by atoms with van der Waals surface area (Å²) in [5, 5.41) is 10.00. The van der Waals surface area contributed by atoms with Crippen LogP contribution in [0.25, 0.3) is 0 Å². The molecule has 1 fully saturated rings. The molecule has 1 aliphatic rings. The minimum Gasteiger partial charge on any atom is -0.389 e. The molecule has 3 unspecified atom stereocenters. The Morgan fingerprint density at radius 1 is 1.42 bits per heavy atom. The van der Waals surface area contributed by atoms with E-state index in [2.05, 4.69) is 4.90 Å². The Hall–Kier alpha value is -0.490. The van der Waals surface area contributed by atoms with Crippen LogP contribution in [0.2, 0.25) is 0 Å². The SMILES string of the molecule is COCC(C)OCC(O)CN1CCCCC1C(C)=O. The second-order valence-electron chi connectivity index (χ2n) is 5.37. The van der Waals surface area contributed by atoms with E-state index in [0.29, 0.717) is 13.2 Å². The lowest BCUT2D eigenvalue weighted by molar-refractivity contribution is -0.124. The largest absolute Gasteiger partial charge is 0.389 e. The molecule has 0 aromatic carbocycles. The predicted octanol–water partition coefficient (Wildman–Crippen LogP) is 0.842. The van der Waals surface area contributed by atoms with Gasteiger partial charge in [-0.3, -0.25) is 9.69 Å². The molecule has 1 heterocycles. The standard InChI is InChI=1S/C14H27NO4/c1-11(9-18-3)19-10-13(17)8-15-7-5-4-6-14(15)12(2)16/h11,13-14,17H,4-10H2,1-3H3. The maximum absolute atomic E-state index is 11.6.